The molecule has 3 aromatic rings. The molecule has 2 aromatic carbocycles. The van der Waals surface area contributed by atoms with Crippen molar-refractivity contribution in [1.82, 2.24) is 4.98 Å². The van der Waals surface area contributed by atoms with Crippen LogP contribution in [0.2, 0.25) is 0 Å². The third kappa shape index (κ3) is 2.31. The first kappa shape index (κ1) is 13.1. The van der Waals surface area contributed by atoms with Crippen molar-refractivity contribution < 1.29 is 9.53 Å². The van der Waals surface area contributed by atoms with Crippen molar-refractivity contribution in [2.45, 2.75) is 0 Å². The van der Waals surface area contributed by atoms with Gasteiger partial charge in [-0.1, -0.05) is 42.5 Å². The van der Waals surface area contributed by atoms with E-state index >= 15 is 0 Å². The number of nitrogens with two attached hydrogens (primary N) is 1. The maximum Gasteiger partial charge on any atom is 0.356 e. The number of esters is 1. The molecule has 0 bridgehead atoms. The number of carbonyl (C=O) groups excluding carboxylic acids is 1. The molecule has 0 aliphatic rings. The van der Waals surface area contributed by atoms with Crippen LogP contribution < -0.4 is 5.73 Å². The number of pyridine rings is 1. The molecule has 0 unspecified atom stereocenters. The molecule has 0 aliphatic heterocycles. The molecule has 21 heavy (non-hydrogen) atoms. The number of para-hydroxylation sites is 1. The normalized spacial score (nSPS) is 10.5. The van der Waals surface area contributed by atoms with Crippen molar-refractivity contribution >= 4 is 22.6 Å². The third-order valence-electron chi connectivity index (χ3n) is 3.35. The molecule has 0 radical (unpaired) electrons. The molecule has 4 heteroatoms. The molecule has 3 rings (SSSR count). The predicted octanol–water partition coefficient (Wildman–Crippen LogP) is 3.27. The lowest BCUT2D eigenvalue weighted by molar-refractivity contribution is 0.0594. The molecule has 1 heterocycles. The minimum Gasteiger partial charge on any atom is -0.464 e. The van der Waals surface area contributed by atoms with E-state index in [1.807, 2.05) is 42.5 Å². The molecule has 0 fully saturated rings. The summed E-state index contributed by atoms with van der Waals surface area (Å²) in [6.07, 6.45) is 0. The van der Waals surface area contributed by atoms with Crippen molar-refractivity contribution in [1.29, 1.82) is 0 Å². The fourth-order valence-corrected chi connectivity index (χ4v) is 2.34. The predicted molar refractivity (Wildman–Crippen MR) is 82.9 cm³/mol. The molecular formula is C17H14N2O2. The molecule has 0 atom stereocenters. The molecule has 1 aromatic heterocycles. The van der Waals surface area contributed by atoms with Crippen LogP contribution in [0.1, 0.15) is 10.5 Å². The number of ether oxygens (including phenoxy) is 1. The summed E-state index contributed by atoms with van der Waals surface area (Å²) in [4.78, 5) is 16.2. The summed E-state index contributed by atoms with van der Waals surface area (Å²) < 4.78 is 4.77. The molecule has 2 N–H and O–H groups in total. The van der Waals surface area contributed by atoms with E-state index in [1.54, 1.807) is 12.1 Å². The number of methoxy groups -OCH3 is 1. The average Bonchev–Trinajstić information content (AvgIpc) is 2.54. The van der Waals surface area contributed by atoms with Gasteiger partial charge in [0, 0.05) is 5.39 Å². The lowest BCUT2D eigenvalue weighted by Gasteiger charge is -2.10. The second-order valence-corrected chi connectivity index (χ2v) is 4.66. The molecule has 0 amide bonds. The van der Waals surface area contributed by atoms with Gasteiger partial charge in [-0.2, -0.15) is 0 Å². The second-order valence-electron chi connectivity index (χ2n) is 4.66. The van der Waals surface area contributed by atoms with Gasteiger partial charge < -0.3 is 10.5 Å². The van der Waals surface area contributed by atoms with E-state index in [9.17, 15) is 4.79 Å². The molecular weight excluding hydrogens is 264 g/mol. The first-order valence-corrected chi connectivity index (χ1v) is 6.53. The number of carbonyl (C=O) groups is 1. The number of nitrogen functional groups attached to an aromatic ring is 1. The van der Waals surface area contributed by atoms with Crippen LogP contribution in [0, 0.1) is 0 Å². The maximum atomic E-state index is 11.8. The monoisotopic (exact) mass is 278 g/mol. The smallest absolute Gasteiger partial charge is 0.356 e. The summed E-state index contributed by atoms with van der Waals surface area (Å²) in [6.45, 7) is 0. The van der Waals surface area contributed by atoms with Crippen molar-refractivity contribution in [3.05, 3.63) is 60.3 Å². The molecule has 0 saturated heterocycles. The number of aromatic nitrogens is 1. The van der Waals surface area contributed by atoms with E-state index in [2.05, 4.69) is 4.98 Å². The van der Waals surface area contributed by atoms with Gasteiger partial charge in [0.1, 0.15) is 5.69 Å². The summed E-state index contributed by atoms with van der Waals surface area (Å²) in [5, 5.41) is 0.911. The van der Waals surface area contributed by atoms with Crippen LogP contribution >= 0.6 is 0 Å². The van der Waals surface area contributed by atoms with Gasteiger partial charge in [-0.15, -0.1) is 0 Å². The van der Waals surface area contributed by atoms with Gasteiger partial charge in [-0.3, -0.25) is 0 Å². The van der Waals surface area contributed by atoms with E-state index in [0.29, 0.717) is 11.2 Å². The van der Waals surface area contributed by atoms with Gasteiger partial charge in [-0.25, -0.2) is 9.78 Å². The number of anilines is 1. The van der Waals surface area contributed by atoms with Crippen molar-refractivity contribution in [2.24, 2.45) is 0 Å². The number of hydrogen-bond acceptors (Lipinski definition) is 4. The zero-order valence-corrected chi connectivity index (χ0v) is 11.5. The minimum atomic E-state index is -0.475. The average molecular weight is 278 g/mol. The largest absolute Gasteiger partial charge is 0.464 e. The number of rotatable bonds is 2. The Kier molecular flexibility index (Phi) is 3.28. The molecule has 104 valence electrons. The number of nitrogens with zero attached hydrogens (tertiary/aromatic N) is 1. The van der Waals surface area contributed by atoms with Gasteiger partial charge in [0.25, 0.3) is 0 Å². The number of benzene rings is 2. The Morgan fingerprint density at radius 3 is 2.57 bits per heavy atom. The molecule has 0 saturated carbocycles. The van der Waals surface area contributed by atoms with Gasteiger partial charge in [0.05, 0.1) is 18.3 Å². The lowest BCUT2D eigenvalue weighted by Crippen LogP contribution is -2.05. The van der Waals surface area contributed by atoms with Crippen LogP contribution in [-0.4, -0.2) is 18.1 Å². The molecule has 0 aliphatic carbocycles. The molecule has 0 spiro atoms. The van der Waals surface area contributed by atoms with E-state index in [4.69, 9.17) is 10.5 Å². The lowest BCUT2D eigenvalue weighted by atomic mass is 9.99. The Balaban J connectivity index is 2.36. The Morgan fingerprint density at radius 2 is 1.86 bits per heavy atom. The fourth-order valence-electron chi connectivity index (χ4n) is 2.34. The zero-order chi connectivity index (χ0) is 14.8. The fraction of sp³-hybridized carbons (Fsp3) is 0.0588. The second kappa shape index (κ2) is 5.25. The van der Waals surface area contributed by atoms with E-state index in [-0.39, 0.29) is 5.69 Å². The topological polar surface area (TPSA) is 65.2 Å². The van der Waals surface area contributed by atoms with Gasteiger partial charge in [0.2, 0.25) is 0 Å². The quantitative estimate of drug-likeness (QED) is 0.577. The highest BCUT2D eigenvalue weighted by molar-refractivity contribution is 6.03. The summed E-state index contributed by atoms with van der Waals surface area (Å²) in [5.74, 6) is -0.475. The SMILES string of the molecule is COC(=O)c1cc(-c2ccccc2)c2cccc(N)c2n1. The van der Waals surface area contributed by atoms with Crippen LogP contribution in [-0.2, 0) is 4.74 Å². The Morgan fingerprint density at radius 1 is 1.10 bits per heavy atom. The Bertz CT molecular complexity index is 814. The highest BCUT2D eigenvalue weighted by Crippen LogP contribution is 2.31. The van der Waals surface area contributed by atoms with E-state index in [0.717, 1.165) is 16.5 Å². The first-order chi connectivity index (χ1) is 10.2. The van der Waals surface area contributed by atoms with Gasteiger partial charge in [0.15, 0.2) is 0 Å². The van der Waals surface area contributed by atoms with E-state index in [1.165, 1.54) is 7.11 Å². The van der Waals surface area contributed by atoms with Gasteiger partial charge >= 0.3 is 5.97 Å². The molecule has 4 nitrogen and oxygen atoms in total. The Labute approximate surface area is 122 Å². The van der Waals surface area contributed by atoms with Crippen LogP contribution in [0.5, 0.6) is 0 Å². The zero-order valence-electron chi connectivity index (χ0n) is 11.5. The van der Waals surface area contributed by atoms with Gasteiger partial charge in [-0.05, 0) is 23.3 Å². The third-order valence-corrected chi connectivity index (χ3v) is 3.35. The summed E-state index contributed by atoms with van der Waals surface area (Å²) in [5.41, 5.74) is 9.31. The summed E-state index contributed by atoms with van der Waals surface area (Å²) in [6, 6.07) is 17.2. The van der Waals surface area contributed by atoms with E-state index < -0.39 is 5.97 Å². The summed E-state index contributed by atoms with van der Waals surface area (Å²) >= 11 is 0. The van der Waals surface area contributed by atoms with Crippen molar-refractivity contribution in [3.8, 4) is 11.1 Å². The highest BCUT2D eigenvalue weighted by atomic mass is 16.5. The minimum absolute atomic E-state index is 0.252. The first-order valence-electron chi connectivity index (χ1n) is 6.53. The standard InChI is InChI=1S/C17H14N2O2/c1-21-17(20)15-10-13(11-6-3-2-4-7-11)12-8-5-9-14(18)16(12)19-15/h2-10H,18H2,1H3. The Hall–Kier alpha value is -2.88. The van der Waals surface area contributed by atoms with Crippen molar-refractivity contribution in [3.63, 3.8) is 0 Å². The van der Waals surface area contributed by atoms with Crippen LogP contribution in [0.4, 0.5) is 5.69 Å². The van der Waals surface area contributed by atoms with Crippen LogP contribution in [0.25, 0.3) is 22.0 Å². The number of hydrogen-bond donors (Lipinski definition) is 1. The van der Waals surface area contributed by atoms with Crippen molar-refractivity contribution in [2.75, 3.05) is 12.8 Å². The number of fused-ring (bicyclic) bond motifs is 1. The summed E-state index contributed by atoms with van der Waals surface area (Å²) in [7, 11) is 1.34. The highest BCUT2D eigenvalue weighted by Gasteiger charge is 2.14. The maximum absolute atomic E-state index is 11.8. The van der Waals surface area contributed by atoms with Crippen LogP contribution in [0.15, 0.2) is 54.6 Å². The van der Waals surface area contributed by atoms with Crippen LogP contribution in [0.3, 0.4) is 0 Å².